The monoisotopic (exact) mass is 897 g/mol. The SMILES string of the molecule is O=C([O-])c1cc(-c2ccccc2)nc2ccccc12.O=C([O-])c1cc(-c2ccccc2)nc2ccccc12.O=C([O-])c1cc(-c2ccccc2)nc2ccccc12.[Eu+3]. The number of rotatable bonds is 6. The smallest absolute Gasteiger partial charge is 0.545 e. The zero-order valence-electron chi connectivity index (χ0n) is 30.5. The van der Waals surface area contributed by atoms with Crippen LogP contribution in [0.25, 0.3) is 66.5 Å². The standard InChI is InChI=1S/3C16H11NO2.Eu/c3*18-16(19)13-10-15(11-6-2-1-3-7-11)17-14-9-5-4-8-12(13)14;/h3*1-10H,(H,18,19);/q;;;+3/p-3. The summed E-state index contributed by atoms with van der Waals surface area (Å²) in [5.74, 6) is -3.55. The first-order valence-corrected chi connectivity index (χ1v) is 17.8. The average Bonchev–Trinajstić information content (AvgIpc) is 3.26. The fraction of sp³-hybridized carbons (Fsp3) is 0. The molecule has 0 bridgehead atoms. The van der Waals surface area contributed by atoms with Crippen LogP contribution in [0.4, 0.5) is 0 Å². The maximum absolute atomic E-state index is 11.3. The van der Waals surface area contributed by atoms with Crippen molar-refractivity contribution >= 4 is 50.6 Å². The molecule has 9 aromatic rings. The second-order valence-electron chi connectivity index (χ2n) is 12.7. The number of carbonyl (C=O) groups is 3. The summed E-state index contributed by atoms with van der Waals surface area (Å²) in [6, 6.07) is 54.7. The molecule has 0 saturated carbocycles. The van der Waals surface area contributed by atoms with Crippen LogP contribution in [-0.2, 0) is 0 Å². The summed E-state index contributed by atoms with van der Waals surface area (Å²) in [7, 11) is 0. The number of carboxylic acids is 3. The Bertz CT molecular complexity index is 2580. The molecule has 280 valence electrons. The van der Waals surface area contributed by atoms with Crippen molar-refractivity contribution in [3.63, 3.8) is 0 Å². The summed E-state index contributed by atoms with van der Waals surface area (Å²) >= 11 is 0. The third-order valence-electron chi connectivity index (χ3n) is 9.02. The van der Waals surface area contributed by atoms with E-state index in [0.717, 1.165) is 16.7 Å². The number of aromatic nitrogens is 3. The van der Waals surface area contributed by atoms with E-state index in [0.29, 0.717) is 49.8 Å². The van der Waals surface area contributed by atoms with Crippen molar-refractivity contribution in [3.05, 3.63) is 199 Å². The molecule has 0 aliphatic carbocycles. The van der Waals surface area contributed by atoms with E-state index in [-0.39, 0.29) is 66.1 Å². The van der Waals surface area contributed by atoms with Crippen molar-refractivity contribution in [2.45, 2.75) is 0 Å². The van der Waals surface area contributed by atoms with Crippen LogP contribution in [0, 0.1) is 49.4 Å². The minimum atomic E-state index is -1.18. The molecule has 0 atom stereocenters. The quantitative estimate of drug-likeness (QED) is 0.175. The summed E-state index contributed by atoms with van der Waals surface area (Å²) in [5.41, 5.74) is 7.05. The van der Waals surface area contributed by atoms with Gasteiger partial charge in [-0.05, 0) is 36.4 Å². The van der Waals surface area contributed by atoms with E-state index in [4.69, 9.17) is 0 Å². The molecule has 6 aromatic carbocycles. The summed E-state index contributed by atoms with van der Waals surface area (Å²) in [6.07, 6.45) is 0. The van der Waals surface area contributed by atoms with Gasteiger partial charge in [-0.25, -0.2) is 15.0 Å². The maximum atomic E-state index is 11.3. The van der Waals surface area contributed by atoms with Gasteiger partial charge in [0.05, 0.1) is 51.5 Å². The molecule has 0 unspecified atom stereocenters. The molecule has 9 nitrogen and oxygen atoms in total. The Kier molecular flexibility index (Phi) is 13.6. The van der Waals surface area contributed by atoms with Crippen molar-refractivity contribution in [2.24, 2.45) is 0 Å². The van der Waals surface area contributed by atoms with Gasteiger partial charge in [-0.3, -0.25) is 0 Å². The Labute approximate surface area is 373 Å². The summed E-state index contributed by atoms with van der Waals surface area (Å²) in [5, 5.41) is 35.6. The van der Waals surface area contributed by atoms with Gasteiger partial charge in [0.2, 0.25) is 0 Å². The van der Waals surface area contributed by atoms with Gasteiger partial charge in [-0.1, -0.05) is 146 Å². The molecule has 0 fully saturated rings. The Hall–Kier alpha value is -6.46. The van der Waals surface area contributed by atoms with Crippen LogP contribution in [-0.4, -0.2) is 32.9 Å². The first-order valence-electron chi connectivity index (χ1n) is 17.8. The Balaban J connectivity index is 0.000000145. The molecule has 0 spiro atoms. The van der Waals surface area contributed by atoms with Crippen molar-refractivity contribution in [3.8, 4) is 33.8 Å². The van der Waals surface area contributed by atoms with E-state index in [1.807, 2.05) is 109 Å². The fourth-order valence-corrected chi connectivity index (χ4v) is 6.30. The number of carboxylic acid groups (broad SMARTS) is 3. The van der Waals surface area contributed by atoms with Gasteiger partial charge in [-0.15, -0.1) is 0 Å². The second kappa shape index (κ2) is 19.1. The number of aromatic carboxylic acids is 3. The van der Waals surface area contributed by atoms with E-state index in [9.17, 15) is 29.7 Å². The van der Waals surface area contributed by atoms with Crippen molar-refractivity contribution < 1.29 is 79.1 Å². The average molecular weight is 897 g/mol. The van der Waals surface area contributed by atoms with Gasteiger partial charge >= 0.3 is 49.4 Å². The van der Waals surface area contributed by atoms with E-state index >= 15 is 0 Å². The number of carbonyl (C=O) groups excluding carboxylic acids is 3. The maximum Gasteiger partial charge on any atom is 3.00 e. The molecule has 0 aliphatic heterocycles. The first kappa shape index (κ1) is 41.2. The predicted molar refractivity (Wildman–Crippen MR) is 215 cm³/mol. The van der Waals surface area contributed by atoms with Gasteiger partial charge in [0.1, 0.15) is 0 Å². The van der Waals surface area contributed by atoms with Crippen molar-refractivity contribution in [2.75, 3.05) is 0 Å². The van der Waals surface area contributed by atoms with E-state index in [1.165, 1.54) is 0 Å². The number of para-hydroxylation sites is 3. The number of fused-ring (bicyclic) bond motifs is 3. The summed E-state index contributed by atoms with van der Waals surface area (Å²) in [6.45, 7) is 0. The third kappa shape index (κ3) is 9.55. The van der Waals surface area contributed by atoms with Gasteiger partial charge < -0.3 is 29.7 Å². The molecule has 58 heavy (non-hydrogen) atoms. The topological polar surface area (TPSA) is 159 Å². The van der Waals surface area contributed by atoms with Crippen LogP contribution < -0.4 is 15.3 Å². The minimum Gasteiger partial charge on any atom is -0.545 e. The van der Waals surface area contributed by atoms with Crippen molar-refractivity contribution in [1.29, 1.82) is 0 Å². The van der Waals surface area contributed by atoms with Gasteiger partial charge in [-0.2, -0.15) is 0 Å². The zero-order chi connectivity index (χ0) is 39.7. The van der Waals surface area contributed by atoms with E-state index in [2.05, 4.69) is 15.0 Å². The van der Waals surface area contributed by atoms with Crippen LogP contribution in [0.1, 0.15) is 31.1 Å². The Morgan fingerprint density at radius 3 is 0.793 bits per heavy atom. The third-order valence-corrected chi connectivity index (χ3v) is 9.02. The number of nitrogens with zero attached hydrogens (tertiary/aromatic N) is 3. The van der Waals surface area contributed by atoms with Crippen LogP contribution in [0.5, 0.6) is 0 Å². The van der Waals surface area contributed by atoms with Crippen LogP contribution in [0.3, 0.4) is 0 Å². The molecule has 9 rings (SSSR count). The largest absolute Gasteiger partial charge is 3.00 e. The number of hydrogen-bond donors (Lipinski definition) is 0. The number of hydrogen-bond acceptors (Lipinski definition) is 9. The molecule has 0 N–H and O–H groups in total. The molecule has 3 aromatic heterocycles. The fourth-order valence-electron chi connectivity index (χ4n) is 6.30. The van der Waals surface area contributed by atoms with Crippen LogP contribution in [0.2, 0.25) is 0 Å². The van der Waals surface area contributed by atoms with Gasteiger partial charge in [0.15, 0.2) is 0 Å². The first-order chi connectivity index (χ1) is 27.8. The molecule has 0 aliphatic rings. The van der Waals surface area contributed by atoms with Crippen molar-refractivity contribution in [1.82, 2.24) is 15.0 Å². The predicted octanol–water partition coefficient (Wildman–Crippen LogP) is 6.80. The molecule has 0 radical (unpaired) electrons. The minimum absolute atomic E-state index is 0. The Morgan fingerprint density at radius 2 is 0.552 bits per heavy atom. The molecule has 0 amide bonds. The molecular formula is C48H30EuN3O6. The number of benzene rings is 6. The van der Waals surface area contributed by atoms with E-state index in [1.54, 1.807) is 72.8 Å². The molecule has 0 saturated heterocycles. The normalized spacial score (nSPS) is 10.3. The van der Waals surface area contributed by atoms with E-state index < -0.39 is 17.9 Å². The van der Waals surface area contributed by atoms with Gasteiger partial charge in [0, 0.05) is 49.5 Å². The summed E-state index contributed by atoms with van der Waals surface area (Å²) < 4.78 is 0. The second-order valence-corrected chi connectivity index (χ2v) is 12.7. The number of pyridine rings is 3. The molecule has 10 heteroatoms. The Morgan fingerprint density at radius 1 is 0.328 bits per heavy atom. The molecule has 3 heterocycles. The van der Waals surface area contributed by atoms with Gasteiger partial charge in [0.25, 0.3) is 0 Å². The van der Waals surface area contributed by atoms with Crippen LogP contribution in [0.15, 0.2) is 182 Å². The molecular weight excluding hydrogens is 867 g/mol. The zero-order valence-corrected chi connectivity index (χ0v) is 32.9. The van der Waals surface area contributed by atoms with Crippen LogP contribution >= 0.6 is 0 Å². The summed E-state index contributed by atoms with van der Waals surface area (Å²) in [4.78, 5) is 47.3.